The van der Waals surface area contributed by atoms with Gasteiger partial charge in [-0.3, -0.25) is 9.36 Å². The molecule has 6 nitrogen and oxygen atoms in total. The van der Waals surface area contributed by atoms with Gasteiger partial charge >= 0.3 is 0 Å². The van der Waals surface area contributed by atoms with Gasteiger partial charge in [0.05, 0.1) is 18.0 Å². The van der Waals surface area contributed by atoms with E-state index in [1.54, 1.807) is 11.0 Å². The Kier molecular flexibility index (Phi) is 5.60. The molecular weight excluding hydrogens is 427 g/mol. The minimum atomic E-state index is -0.392. The van der Waals surface area contributed by atoms with Crippen LogP contribution in [-0.4, -0.2) is 39.6 Å². The molecule has 8 heteroatoms. The highest BCUT2D eigenvalue weighted by Crippen LogP contribution is 2.33. The summed E-state index contributed by atoms with van der Waals surface area (Å²) in [6.07, 6.45) is 0. The highest BCUT2D eigenvalue weighted by Gasteiger charge is 2.25. The number of carbonyl (C=O) groups excluding carboxylic acids is 1. The van der Waals surface area contributed by atoms with E-state index in [-0.39, 0.29) is 11.7 Å². The van der Waals surface area contributed by atoms with Crippen LogP contribution in [0.2, 0.25) is 0 Å². The fourth-order valence-electron chi connectivity index (χ4n) is 3.60. The van der Waals surface area contributed by atoms with E-state index in [1.165, 1.54) is 23.9 Å². The van der Waals surface area contributed by atoms with E-state index in [4.69, 9.17) is 4.74 Å². The van der Waals surface area contributed by atoms with Crippen LogP contribution in [0.5, 0.6) is 5.75 Å². The number of aromatic nitrogens is 3. The first-order valence-electron chi connectivity index (χ1n) is 10.1. The van der Waals surface area contributed by atoms with Gasteiger partial charge in [0.15, 0.2) is 11.0 Å². The lowest BCUT2D eigenvalue weighted by Crippen LogP contribution is -2.39. The molecule has 0 atom stereocenters. The summed E-state index contributed by atoms with van der Waals surface area (Å²) in [5, 5.41) is 9.40. The molecule has 1 aliphatic rings. The van der Waals surface area contributed by atoms with Gasteiger partial charge in [0.2, 0.25) is 5.91 Å². The van der Waals surface area contributed by atoms with Crippen molar-refractivity contribution >= 4 is 23.4 Å². The number of hydrogen-bond acceptors (Lipinski definition) is 5. The van der Waals surface area contributed by atoms with Crippen molar-refractivity contribution in [2.75, 3.05) is 23.8 Å². The molecule has 0 unspecified atom stereocenters. The third-order valence-electron chi connectivity index (χ3n) is 5.09. The van der Waals surface area contributed by atoms with Crippen molar-refractivity contribution in [3.63, 3.8) is 0 Å². The van der Waals surface area contributed by atoms with Crippen molar-refractivity contribution in [1.29, 1.82) is 0 Å². The van der Waals surface area contributed by atoms with Gasteiger partial charge in [-0.15, -0.1) is 10.2 Å². The van der Waals surface area contributed by atoms with Crippen LogP contribution in [0.15, 0.2) is 84.0 Å². The first kappa shape index (κ1) is 20.3. The predicted molar refractivity (Wildman–Crippen MR) is 122 cm³/mol. The molecule has 4 aromatic rings. The summed E-state index contributed by atoms with van der Waals surface area (Å²) in [6, 6.07) is 23.8. The Morgan fingerprint density at radius 1 is 1.00 bits per heavy atom. The standard InChI is InChI=1S/C24H19FN4O2S/c25-18-11-12-20-21(15-18)31-14-13-28(20)22(30)16-32-24-27-26-23(17-7-3-1-4-8-17)29(24)19-9-5-2-6-10-19/h1-12,15H,13-14,16H2. The van der Waals surface area contributed by atoms with Gasteiger partial charge in [-0.05, 0) is 24.3 Å². The van der Waals surface area contributed by atoms with Crippen molar-refractivity contribution in [2.45, 2.75) is 5.16 Å². The Labute approximate surface area is 188 Å². The van der Waals surface area contributed by atoms with Crippen LogP contribution in [0.1, 0.15) is 0 Å². The Morgan fingerprint density at radius 2 is 1.75 bits per heavy atom. The van der Waals surface area contributed by atoms with Gasteiger partial charge < -0.3 is 9.64 Å². The molecule has 0 radical (unpaired) electrons. The molecule has 1 aromatic heterocycles. The third-order valence-corrected chi connectivity index (χ3v) is 6.00. The number of anilines is 1. The smallest absolute Gasteiger partial charge is 0.237 e. The second-order valence-electron chi connectivity index (χ2n) is 7.14. The van der Waals surface area contributed by atoms with Crippen LogP contribution < -0.4 is 9.64 Å². The maximum Gasteiger partial charge on any atom is 0.237 e. The Hall–Kier alpha value is -3.65. The van der Waals surface area contributed by atoms with Crippen molar-refractivity contribution in [3.05, 3.63) is 84.7 Å². The Balaban J connectivity index is 1.42. The van der Waals surface area contributed by atoms with Crippen LogP contribution in [0, 0.1) is 5.82 Å². The molecule has 0 fully saturated rings. The lowest BCUT2D eigenvalue weighted by atomic mass is 10.2. The Bertz CT molecular complexity index is 1250. The summed E-state index contributed by atoms with van der Waals surface area (Å²) >= 11 is 1.32. The highest BCUT2D eigenvalue weighted by molar-refractivity contribution is 7.99. The average molecular weight is 447 g/mol. The number of halogens is 1. The molecule has 0 N–H and O–H groups in total. The maximum atomic E-state index is 13.5. The third kappa shape index (κ3) is 3.97. The van der Waals surface area contributed by atoms with Gasteiger partial charge in [-0.1, -0.05) is 60.3 Å². The molecule has 0 saturated carbocycles. The van der Waals surface area contributed by atoms with E-state index in [0.29, 0.717) is 35.6 Å². The number of rotatable bonds is 5. The number of amides is 1. The van der Waals surface area contributed by atoms with Crippen molar-refractivity contribution < 1.29 is 13.9 Å². The zero-order valence-electron chi connectivity index (χ0n) is 17.0. The first-order valence-corrected chi connectivity index (χ1v) is 11.1. The van der Waals surface area contributed by atoms with E-state index < -0.39 is 5.82 Å². The summed E-state index contributed by atoms with van der Waals surface area (Å²) in [5.41, 5.74) is 2.43. The second kappa shape index (κ2) is 8.84. The fraction of sp³-hybridized carbons (Fsp3) is 0.125. The lowest BCUT2D eigenvalue weighted by Gasteiger charge is -2.29. The molecule has 3 aromatic carbocycles. The number of thioether (sulfide) groups is 1. The molecule has 0 saturated heterocycles. The van der Waals surface area contributed by atoms with Crippen LogP contribution in [0.25, 0.3) is 17.1 Å². The quantitative estimate of drug-likeness (QED) is 0.420. The molecule has 0 aliphatic carbocycles. The molecular formula is C24H19FN4O2S. The molecule has 160 valence electrons. The van der Waals surface area contributed by atoms with E-state index in [9.17, 15) is 9.18 Å². The molecule has 1 amide bonds. The van der Waals surface area contributed by atoms with Crippen molar-refractivity contribution in [3.8, 4) is 22.8 Å². The minimum absolute atomic E-state index is 0.102. The number of hydrogen-bond donors (Lipinski definition) is 0. The van der Waals surface area contributed by atoms with E-state index >= 15 is 0 Å². The number of para-hydroxylation sites is 1. The minimum Gasteiger partial charge on any atom is -0.489 e. The van der Waals surface area contributed by atoms with E-state index in [1.807, 2.05) is 65.2 Å². The molecule has 0 bridgehead atoms. The number of nitrogens with zero attached hydrogens (tertiary/aromatic N) is 4. The zero-order valence-corrected chi connectivity index (χ0v) is 17.8. The maximum absolute atomic E-state index is 13.5. The van der Waals surface area contributed by atoms with Gasteiger partial charge in [0, 0.05) is 17.3 Å². The van der Waals surface area contributed by atoms with Gasteiger partial charge in [0.1, 0.15) is 18.2 Å². The molecule has 0 spiro atoms. The van der Waals surface area contributed by atoms with E-state index in [2.05, 4.69) is 10.2 Å². The number of ether oxygens (including phenoxy) is 1. The van der Waals surface area contributed by atoms with Crippen LogP contribution in [0.3, 0.4) is 0 Å². The average Bonchev–Trinajstić information content (AvgIpc) is 3.27. The van der Waals surface area contributed by atoms with Gasteiger partial charge in [0.25, 0.3) is 0 Å². The SMILES string of the molecule is O=C(CSc1nnc(-c2ccccc2)n1-c1ccccc1)N1CCOc2cc(F)ccc21. The number of carbonyl (C=O) groups is 1. The summed E-state index contributed by atoms with van der Waals surface area (Å²) in [6.45, 7) is 0.740. The zero-order chi connectivity index (χ0) is 21.9. The van der Waals surface area contributed by atoms with Crippen molar-refractivity contribution in [1.82, 2.24) is 14.8 Å². The highest BCUT2D eigenvalue weighted by atomic mass is 32.2. The lowest BCUT2D eigenvalue weighted by molar-refractivity contribution is -0.116. The second-order valence-corrected chi connectivity index (χ2v) is 8.08. The summed E-state index contributed by atoms with van der Waals surface area (Å²) in [5.74, 6) is 0.760. The Morgan fingerprint density at radius 3 is 2.53 bits per heavy atom. The van der Waals surface area contributed by atoms with Gasteiger partial charge in [-0.2, -0.15) is 0 Å². The van der Waals surface area contributed by atoms with Gasteiger partial charge in [-0.25, -0.2) is 4.39 Å². The topological polar surface area (TPSA) is 60.2 Å². The summed E-state index contributed by atoms with van der Waals surface area (Å²) in [7, 11) is 0. The number of fused-ring (bicyclic) bond motifs is 1. The molecule has 1 aliphatic heterocycles. The summed E-state index contributed by atoms with van der Waals surface area (Å²) < 4.78 is 21.0. The summed E-state index contributed by atoms with van der Waals surface area (Å²) in [4.78, 5) is 14.7. The molecule has 32 heavy (non-hydrogen) atoms. The largest absolute Gasteiger partial charge is 0.489 e. The van der Waals surface area contributed by atoms with Crippen LogP contribution in [-0.2, 0) is 4.79 Å². The normalized spacial score (nSPS) is 12.8. The van der Waals surface area contributed by atoms with Crippen LogP contribution in [0.4, 0.5) is 10.1 Å². The fourth-order valence-corrected chi connectivity index (χ4v) is 4.43. The van der Waals surface area contributed by atoms with E-state index in [0.717, 1.165) is 11.3 Å². The van der Waals surface area contributed by atoms with Crippen molar-refractivity contribution in [2.24, 2.45) is 0 Å². The van der Waals surface area contributed by atoms with Crippen LogP contribution >= 0.6 is 11.8 Å². The first-order chi connectivity index (χ1) is 15.7. The molecule has 5 rings (SSSR count). The monoisotopic (exact) mass is 446 g/mol. The number of benzene rings is 3. The molecule has 2 heterocycles. The predicted octanol–water partition coefficient (Wildman–Crippen LogP) is 4.59.